The van der Waals surface area contributed by atoms with E-state index in [0.29, 0.717) is 19.8 Å². The van der Waals surface area contributed by atoms with Crippen molar-refractivity contribution in [1.82, 2.24) is 10.2 Å². The van der Waals surface area contributed by atoms with Crippen LogP contribution in [0.2, 0.25) is 0 Å². The lowest BCUT2D eigenvalue weighted by atomic mass is 9.82. The molecule has 138 valence electrons. The number of nitrogens with zero attached hydrogens (tertiary/aromatic N) is 1. The highest BCUT2D eigenvalue weighted by Gasteiger charge is 2.34. The van der Waals surface area contributed by atoms with Gasteiger partial charge in [0, 0.05) is 31.7 Å². The molecule has 25 heavy (non-hydrogen) atoms. The second kappa shape index (κ2) is 7.75. The molecule has 2 atom stereocenters. The van der Waals surface area contributed by atoms with Crippen LogP contribution in [0.3, 0.4) is 0 Å². The maximum Gasteiger partial charge on any atom is 0.317 e. The van der Waals surface area contributed by atoms with Gasteiger partial charge in [-0.05, 0) is 30.9 Å². The van der Waals surface area contributed by atoms with Crippen LogP contribution in [0, 0.1) is 0 Å². The molecule has 1 N–H and O–H groups in total. The fourth-order valence-corrected chi connectivity index (χ4v) is 3.97. The van der Waals surface area contributed by atoms with E-state index < -0.39 is 0 Å². The van der Waals surface area contributed by atoms with Crippen molar-refractivity contribution in [1.29, 1.82) is 0 Å². The summed E-state index contributed by atoms with van der Waals surface area (Å²) in [4.78, 5) is 14.9. The van der Waals surface area contributed by atoms with E-state index in [1.54, 1.807) is 0 Å². The zero-order chi connectivity index (χ0) is 17.9. The van der Waals surface area contributed by atoms with E-state index in [9.17, 15) is 4.79 Å². The van der Waals surface area contributed by atoms with Gasteiger partial charge in [0.2, 0.25) is 0 Å². The third-order valence-corrected chi connectivity index (χ3v) is 5.26. The predicted molar refractivity (Wildman–Crippen MR) is 97.9 cm³/mol. The number of amides is 2. The SMILES string of the molecule is CCOC1COCCC1NC(=O)N1CCc2ccccc2C(C)(C)C1. The van der Waals surface area contributed by atoms with Crippen molar-refractivity contribution in [3.05, 3.63) is 35.4 Å². The van der Waals surface area contributed by atoms with Crippen molar-refractivity contribution in [3.8, 4) is 0 Å². The van der Waals surface area contributed by atoms with Crippen LogP contribution in [-0.4, -0.2) is 56.0 Å². The van der Waals surface area contributed by atoms with Gasteiger partial charge < -0.3 is 19.7 Å². The molecule has 0 bridgehead atoms. The zero-order valence-corrected chi connectivity index (χ0v) is 15.6. The molecule has 0 spiro atoms. The van der Waals surface area contributed by atoms with Crippen molar-refractivity contribution in [3.63, 3.8) is 0 Å². The Hall–Kier alpha value is -1.59. The van der Waals surface area contributed by atoms with E-state index in [1.165, 1.54) is 11.1 Å². The van der Waals surface area contributed by atoms with Gasteiger partial charge in [0.05, 0.1) is 12.6 Å². The summed E-state index contributed by atoms with van der Waals surface area (Å²) in [7, 11) is 0. The van der Waals surface area contributed by atoms with Gasteiger partial charge in [-0.15, -0.1) is 0 Å². The Morgan fingerprint density at radius 2 is 2.20 bits per heavy atom. The van der Waals surface area contributed by atoms with Gasteiger partial charge in [0.25, 0.3) is 0 Å². The average Bonchev–Trinajstić information content (AvgIpc) is 2.73. The monoisotopic (exact) mass is 346 g/mol. The Kier molecular flexibility index (Phi) is 5.64. The normalized spacial score (nSPS) is 25.8. The highest BCUT2D eigenvalue weighted by Crippen LogP contribution is 2.30. The van der Waals surface area contributed by atoms with E-state index in [-0.39, 0.29) is 23.6 Å². The molecule has 0 aromatic heterocycles. The molecule has 1 saturated heterocycles. The summed E-state index contributed by atoms with van der Waals surface area (Å²) in [6.07, 6.45) is 1.64. The summed E-state index contributed by atoms with van der Waals surface area (Å²) in [5.41, 5.74) is 2.64. The van der Waals surface area contributed by atoms with Gasteiger partial charge in [-0.2, -0.15) is 0 Å². The van der Waals surface area contributed by atoms with Crippen molar-refractivity contribution < 1.29 is 14.3 Å². The lowest BCUT2D eigenvalue weighted by Crippen LogP contribution is -2.54. The number of carbonyl (C=O) groups excluding carboxylic acids is 1. The fourth-order valence-electron chi connectivity index (χ4n) is 3.97. The summed E-state index contributed by atoms with van der Waals surface area (Å²) < 4.78 is 11.2. The van der Waals surface area contributed by atoms with Gasteiger partial charge in [-0.3, -0.25) is 0 Å². The van der Waals surface area contributed by atoms with Crippen LogP contribution in [0.4, 0.5) is 4.79 Å². The standard InChI is InChI=1S/C20H30N2O3/c1-4-25-18-13-24-12-10-17(18)21-19(23)22-11-9-15-7-5-6-8-16(15)20(2,3)14-22/h5-8,17-18H,4,9-14H2,1-3H3,(H,21,23). The summed E-state index contributed by atoms with van der Waals surface area (Å²) in [6, 6.07) is 8.58. The number of rotatable bonds is 3. The molecule has 3 rings (SSSR count). The van der Waals surface area contributed by atoms with E-state index in [1.807, 2.05) is 11.8 Å². The number of nitrogens with one attached hydrogen (secondary N) is 1. The molecule has 0 radical (unpaired) electrons. The fraction of sp³-hybridized carbons (Fsp3) is 0.650. The first-order chi connectivity index (χ1) is 12.0. The molecule has 1 aromatic rings. The minimum absolute atomic E-state index is 0.0116. The van der Waals surface area contributed by atoms with Crippen LogP contribution in [0.5, 0.6) is 0 Å². The predicted octanol–water partition coefficient (Wildman–Crippen LogP) is 2.73. The Bertz CT molecular complexity index is 600. The van der Waals surface area contributed by atoms with Crippen molar-refractivity contribution in [2.45, 2.75) is 51.2 Å². The highest BCUT2D eigenvalue weighted by atomic mass is 16.5. The first kappa shape index (κ1) is 18.2. The minimum atomic E-state index is -0.0561. The summed E-state index contributed by atoms with van der Waals surface area (Å²) in [5, 5.41) is 3.20. The summed E-state index contributed by atoms with van der Waals surface area (Å²) in [6.45, 7) is 9.73. The van der Waals surface area contributed by atoms with E-state index >= 15 is 0 Å². The van der Waals surface area contributed by atoms with Crippen LogP contribution in [0.1, 0.15) is 38.3 Å². The number of carbonyl (C=O) groups is 1. The Morgan fingerprint density at radius 3 is 3.00 bits per heavy atom. The van der Waals surface area contributed by atoms with Crippen molar-refractivity contribution in [2.24, 2.45) is 0 Å². The number of hydrogen-bond acceptors (Lipinski definition) is 3. The Labute approximate surface area is 150 Å². The maximum atomic E-state index is 12.9. The van der Waals surface area contributed by atoms with Crippen LogP contribution >= 0.6 is 0 Å². The molecule has 2 amide bonds. The first-order valence-corrected chi connectivity index (χ1v) is 9.34. The lowest BCUT2D eigenvalue weighted by Gasteiger charge is -2.35. The number of fused-ring (bicyclic) bond motifs is 1. The van der Waals surface area contributed by atoms with Crippen LogP contribution in [0.25, 0.3) is 0 Å². The highest BCUT2D eigenvalue weighted by molar-refractivity contribution is 5.75. The molecular formula is C20H30N2O3. The van der Waals surface area contributed by atoms with Crippen LogP contribution in [-0.2, 0) is 21.3 Å². The van der Waals surface area contributed by atoms with Gasteiger partial charge in [0.1, 0.15) is 6.10 Å². The Balaban J connectivity index is 1.69. The Morgan fingerprint density at radius 1 is 1.40 bits per heavy atom. The average molecular weight is 346 g/mol. The zero-order valence-electron chi connectivity index (χ0n) is 15.6. The van der Waals surface area contributed by atoms with Crippen molar-refractivity contribution >= 4 is 6.03 Å². The molecule has 2 unspecified atom stereocenters. The molecule has 2 aliphatic heterocycles. The molecule has 2 heterocycles. The third kappa shape index (κ3) is 4.15. The summed E-state index contributed by atoms with van der Waals surface area (Å²) in [5.74, 6) is 0. The van der Waals surface area contributed by atoms with E-state index in [0.717, 1.165) is 25.9 Å². The number of hydrogen-bond donors (Lipinski definition) is 1. The topological polar surface area (TPSA) is 50.8 Å². The number of urea groups is 1. The quantitative estimate of drug-likeness (QED) is 0.915. The van der Waals surface area contributed by atoms with E-state index in [4.69, 9.17) is 9.47 Å². The molecule has 1 fully saturated rings. The largest absolute Gasteiger partial charge is 0.379 e. The van der Waals surface area contributed by atoms with Gasteiger partial charge in [-0.1, -0.05) is 38.1 Å². The smallest absolute Gasteiger partial charge is 0.317 e. The molecule has 2 aliphatic rings. The maximum absolute atomic E-state index is 12.9. The number of ether oxygens (including phenoxy) is 2. The van der Waals surface area contributed by atoms with Gasteiger partial charge >= 0.3 is 6.03 Å². The summed E-state index contributed by atoms with van der Waals surface area (Å²) >= 11 is 0. The van der Waals surface area contributed by atoms with E-state index in [2.05, 4.69) is 43.4 Å². The first-order valence-electron chi connectivity index (χ1n) is 9.34. The van der Waals surface area contributed by atoms with Crippen LogP contribution < -0.4 is 5.32 Å². The molecule has 0 aliphatic carbocycles. The molecule has 5 heteroatoms. The minimum Gasteiger partial charge on any atom is -0.379 e. The van der Waals surface area contributed by atoms with Crippen LogP contribution in [0.15, 0.2) is 24.3 Å². The van der Waals surface area contributed by atoms with Gasteiger partial charge in [-0.25, -0.2) is 4.79 Å². The molecule has 0 saturated carbocycles. The second-order valence-electron chi connectivity index (χ2n) is 7.63. The van der Waals surface area contributed by atoms with Crippen molar-refractivity contribution in [2.75, 3.05) is 32.9 Å². The molecule has 5 nitrogen and oxygen atoms in total. The number of benzene rings is 1. The third-order valence-electron chi connectivity index (χ3n) is 5.26. The lowest BCUT2D eigenvalue weighted by molar-refractivity contribution is -0.0632. The second-order valence-corrected chi connectivity index (χ2v) is 7.63. The molecular weight excluding hydrogens is 316 g/mol. The molecule has 1 aromatic carbocycles. The van der Waals surface area contributed by atoms with Gasteiger partial charge in [0.15, 0.2) is 0 Å².